The van der Waals surface area contributed by atoms with Crippen molar-refractivity contribution < 1.29 is 9.72 Å². The number of benzene rings is 2. The van der Waals surface area contributed by atoms with E-state index in [0.717, 1.165) is 0 Å². The molecule has 0 aromatic heterocycles. The van der Waals surface area contributed by atoms with Gasteiger partial charge in [0, 0.05) is 6.92 Å². The van der Waals surface area contributed by atoms with Gasteiger partial charge < -0.3 is 5.32 Å². The van der Waals surface area contributed by atoms with Crippen LogP contribution in [-0.2, 0) is 4.79 Å². The largest absolute Gasteiger partial charge is 0.321 e. The second-order valence-electron chi connectivity index (χ2n) is 3.88. The van der Waals surface area contributed by atoms with Crippen LogP contribution in [0, 0.1) is 10.1 Å². The highest BCUT2D eigenvalue weighted by atomic mass is 16.6. The van der Waals surface area contributed by atoms with Gasteiger partial charge in [0.2, 0.25) is 5.91 Å². The molecule has 1 amide bonds. The van der Waals surface area contributed by atoms with Gasteiger partial charge in [0.05, 0.1) is 10.3 Å². The van der Waals surface area contributed by atoms with Crippen LogP contribution in [0.3, 0.4) is 0 Å². The topological polar surface area (TPSA) is 72.2 Å². The van der Waals surface area contributed by atoms with Crippen LogP contribution in [0.15, 0.2) is 30.3 Å². The maximum atomic E-state index is 11.1. The Bertz CT molecular complexity index is 655. The number of anilines is 1. The average molecular weight is 240 g/mol. The van der Waals surface area contributed by atoms with Crippen molar-refractivity contribution in [2.45, 2.75) is 6.92 Å². The van der Waals surface area contributed by atoms with Gasteiger partial charge in [-0.25, -0.2) is 0 Å². The zero-order valence-electron chi connectivity index (χ0n) is 9.64. The van der Waals surface area contributed by atoms with Gasteiger partial charge in [-0.2, -0.15) is 0 Å². The number of amides is 1. The SMILES string of the molecule is [B]c1ccc2c([N+](=O)[O-])c(NC(C)=O)ccc2c1. The van der Waals surface area contributed by atoms with Gasteiger partial charge in [-0.05, 0) is 17.5 Å². The number of hydrogen-bond donors (Lipinski definition) is 1. The van der Waals surface area contributed by atoms with Crippen molar-refractivity contribution in [3.8, 4) is 0 Å². The number of nitro benzene ring substituents is 1. The van der Waals surface area contributed by atoms with E-state index >= 15 is 0 Å². The van der Waals surface area contributed by atoms with Gasteiger partial charge in [-0.1, -0.05) is 23.7 Å². The lowest BCUT2D eigenvalue weighted by Crippen LogP contribution is -2.08. The van der Waals surface area contributed by atoms with Crippen LogP contribution < -0.4 is 10.8 Å². The number of fused-ring (bicyclic) bond motifs is 1. The predicted molar refractivity (Wildman–Crippen MR) is 70.3 cm³/mol. The molecule has 0 saturated carbocycles. The number of carbonyl (C=O) groups is 1. The van der Waals surface area contributed by atoms with E-state index in [1.54, 1.807) is 24.3 Å². The third-order valence-corrected chi connectivity index (χ3v) is 2.51. The molecule has 0 heterocycles. The standard InChI is InChI=1S/C12H9BN2O3/c1-7(16)14-11-5-2-8-6-9(13)3-4-10(8)12(11)15(17)18/h2-6H,1H3,(H,14,16). The van der Waals surface area contributed by atoms with Gasteiger partial charge >= 0.3 is 0 Å². The van der Waals surface area contributed by atoms with E-state index in [1.165, 1.54) is 13.0 Å². The van der Waals surface area contributed by atoms with E-state index in [1.807, 2.05) is 0 Å². The summed E-state index contributed by atoms with van der Waals surface area (Å²) < 4.78 is 0. The van der Waals surface area contributed by atoms with Gasteiger partial charge in [-0.15, -0.1) is 0 Å². The minimum Gasteiger partial charge on any atom is -0.321 e. The molecule has 2 radical (unpaired) electrons. The number of nitrogens with zero attached hydrogens (tertiary/aromatic N) is 1. The molecule has 18 heavy (non-hydrogen) atoms. The highest BCUT2D eigenvalue weighted by Gasteiger charge is 2.18. The first-order valence-corrected chi connectivity index (χ1v) is 5.23. The van der Waals surface area contributed by atoms with E-state index in [4.69, 9.17) is 7.85 Å². The minimum atomic E-state index is -0.510. The Morgan fingerprint density at radius 2 is 2.06 bits per heavy atom. The Morgan fingerprint density at radius 3 is 2.67 bits per heavy atom. The zero-order chi connectivity index (χ0) is 13.3. The first-order valence-electron chi connectivity index (χ1n) is 5.23. The van der Waals surface area contributed by atoms with Gasteiger partial charge in [0.1, 0.15) is 13.5 Å². The number of rotatable bonds is 2. The lowest BCUT2D eigenvalue weighted by Gasteiger charge is -2.07. The number of hydrogen-bond acceptors (Lipinski definition) is 3. The smallest absolute Gasteiger partial charge is 0.300 e. The Kier molecular flexibility index (Phi) is 3.01. The van der Waals surface area contributed by atoms with Crippen molar-refractivity contribution in [3.63, 3.8) is 0 Å². The summed E-state index contributed by atoms with van der Waals surface area (Å²) in [5.74, 6) is -0.354. The molecule has 88 valence electrons. The van der Waals surface area contributed by atoms with E-state index in [-0.39, 0.29) is 17.3 Å². The van der Waals surface area contributed by atoms with E-state index in [9.17, 15) is 14.9 Å². The van der Waals surface area contributed by atoms with E-state index in [2.05, 4.69) is 5.32 Å². The molecule has 0 saturated heterocycles. The predicted octanol–water partition coefficient (Wildman–Crippen LogP) is 1.50. The fraction of sp³-hybridized carbons (Fsp3) is 0.0833. The van der Waals surface area contributed by atoms with Crippen LogP contribution in [0.1, 0.15) is 6.92 Å². The van der Waals surface area contributed by atoms with E-state index < -0.39 is 4.92 Å². The van der Waals surface area contributed by atoms with Crippen LogP contribution in [0.2, 0.25) is 0 Å². The molecule has 6 heteroatoms. The fourth-order valence-corrected chi connectivity index (χ4v) is 1.82. The number of nitrogens with one attached hydrogen (secondary N) is 1. The summed E-state index contributed by atoms with van der Waals surface area (Å²) >= 11 is 0. The third-order valence-electron chi connectivity index (χ3n) is 2.51. The summed E-state index contributed by atoms with van der Waals surface area (Å²) in [7, 11) is 5.63. The summed E-state index contributed by atoms with van der Waals surface area (Å²) in [6, 6.07) is 8.01. The monoisotopic (exact) mass is 240 g/mol. The summed E-state index contributed by atoms with van der Waals surface area (Å²) in [5.41, 5.74) is 0.594. The van der Waals surface area contributed by atoms with Crippen molar-refractivity contribution in [1.29, 1.82) is 0 Å². The molecule has 0 bridgehead atoms. The molecule has 0 unspecified atom stereocenters. The lowest BCUT2D eigenvalue weighted by atomic mass is 9.93. The molecule has 0 aliphatic heterocycles. The number of carbonyl (C=O) groups excluding carboxylic acids is 1. The van der Waals surface area contributed by atoms with Crippen LogP contribution in [0.4, 0.5) is 11.4 Å². The highest BCUT2D eigenvalue weighted by Crippen LogP contribution is 2.32. The highest BCUT2D eigenvalue weighted by molar-refractivity contribution is 6.33. The normalized spacial score (nSPS) is 10.3. The van der Waals surface area contributed by atoms with Crippen molar-refractivity contribution in [2.75, 3.05) is 5.32 Å². The van der Waals surface area contributed by atoms with Crippen molar-refractivity contribution in [3.05, 3.63) is 40.4 Å². The molecular weight excluding hydrogens is 231 g/mol. The Labute approximate surface area is 104 Å². The molecule has 0 spiro atoms. The van der Waals surface area contributed by atoms with Gasteiger partial charge in [-0.3, -0.25) is 14.9 Å². The molecule has 0 atom stereocenters. The molecular formula is C12H9BN2O3. The minimum absolute atomic E-state index is 0.122. The van der Waals surface area contributed by atoms with Crippen molar-refractivity contribution in [1.82, 2.24) is 0 Å². The first kappa shape index (κ1) is 12.1. The molecule has 0 fully saturated rings. The molecule has 0 aliphatic rings. The van der Waals surface area contributed by atoms with Crippen molar-refractivity contribution >= 4 is 41.4 Å². The molecule has 1 N–H and O–H groups in total. The molecule has 2 aromatic carbocycles. The Balaban J connectivity index is 2.74. The van der Waals surface area contributed by atoms with Crippen LogP contribution in [0.5, 0.6) is 0 Å². The third kappa shape index (κ3) is 2.18. The quantitative estimate of drug-likeness (QED) is 0.491. The van der Waals surface area contributed by atoms with Crippen molar-refractivity contribution in [2.24, 2.45) is 0 Å². The second-order valence-corrected chi connectivity index (χ2v) is 3.88. The molecule has 0 aliphatic carbocycles. The summed E-state index contributed by atoms with van der Waals surface area (Å²) in [4.78, 5) is 21.6. The lowest BCUT2D eigenvalue weighted by molar-refractivity contribution is -0.382. The van der Waals surface area contributed by atoms with Gasteiger partial charge in [0.25, 0.3) is 5.69 Å². The fourth-order valence-electron chi connectivity index (χ4n) is 1.82. The summed E-state index contributed by atoms with van der Waals surface area (Å²) in [6.07, 6.45) is 0. The molecule has 2 aromatic rings. The zero-order valence-corrected chi connectivity index (χ0v) is 9.64. The first-order chi connectivity index (χ1) is 8.49. The average Bonchev–Trinajstić information content (AvgIpc) is 2.27. The Morgan fingerprint density at radius 1 is 1.33 bits per heavy atom. The van der Waals surface area contributed by atoms with Crippen LogP contribution in [0.25, 0.3) is 10.8 Å². The molecule has 5 nitrogen and oxygen atoms in total. The maximum Gasteiger partial charge on any atom is 0.300 e. The number of nitro groups is 1. The maximum absolute atomic E-state index is 11.1. The Hall–Kier alpha value is -2.37. The summed E-state index contributed by atoms with van der Waals surface area (Å²) in [5, 5.41) is 14.7. The van der Waals surface area contributed by atoms with Crippen LogP contribution >= 0.6 is 0 Å². The molecule has 2 rings (SSSR count). The second kappa shape index (κ2) is 4.48. The van der Waals surface area contributed by atoms with Crippen LogP contribution in [-0.4, -0.2) is 18.7 Å². The summed E-state index contributed by atoms with van der Waals surface area (Å²) in [6.45, 7) is 1.30. The van der Waals surface area contributed by atoms with Gasteiger partial charge in [0.15, 0.2) is 0 Å². The van der Waals surface area contributed by atoms with E-state index in [0.29, 0.717) is 16.2 Å².